The number of fused-ring (bicyclic) bond motifs is 2. The molecular weight excluding hydrogens is 420 g/mol. The average molecular weight is 440 g/mol. The Morgan fingerprint density at radius 2 is 1.81 bits per heavy atom. The molecule has 31 heavy (non-hydrogen) atoms. The number of carbonyl (C=O) groups excluding carboxylic acids is 1. The molecule has 1 saturated heterocycles. The van der Waals surface area contributed by atoms with Crippen LogP contribution in [0.15, 0.2) is 59.8 Å². The number of urea groups is 1. The number of sulfonamides is 1. The van der Waals surface area contributed by atoms with Crippen molar-refractivity contribution in [3.05, 3.63) is 54.9 Å². The van der Waals surface area contributed by atoms with Gasteiger partial charge < -0.3 is 19.7 Å². The summed E-state index contributed by atoms with van der Waals surface area (Å²) in [6.45, 7) is 1.19. The molecule has 2 amide bonds. The number of piperazine rings is 1. The minimum Gasteiger partial charge on any atom is -0.454 e. The van der Waals surface area contributed by atoms with Gasteiger partial charge in [-0.05, 0) is 24.3 Å². The number of rotatable bonds is 3. The van der Waals surface area contributed by atoms with Crippen molar-refractivity contribution in [1.29, 1.82) is 0 Å². The van der Waals surface area contributed by atoms with E-state index < -0.39 is 10.0 Å². The predicted octanol–water partition coefficient (Wildman–Crippen LogP) is 2.50. The third kappa shape index (κ3) is 3.64. The summed E-state index contributed by atoms with van der Waals surface area (Å²) in [5, 5.41) is 4.24. The maximum Gasteiger partial charge on any atom is 0.321 e. The van der Waals surface area contributed by atoms with Crippen molar-refractivity contribution in [3.8, 4) is 11.5 Å². The predicted molar refractivity (Wildman–Crippen MR) is 114 cm³/mol. The molecule has 0 unspecified atom stereocenters. The van der Waals surface area contributed by atoms with E-state index in [9.17, 15) is 13.2 Å². The first kappa shape index (κ1) is 19.6. The fraction of sp³-hybridized carbons (Fsp3) is 0.238. The molecule has 9 nitrogen and oxygen atoms in total. The van der Waals surface area contributed by atoms with Crippen molar-refractivity contribution >= 4 is 32.5 Å². The number of hydrogen-bond donors (Lipinski definition) is 1. The van der Waals surface area contributed by atoms with Crippen LogP contribution in [0, 0.1) is 0 Å². The lowest BCUT2D eigenvalue weighted by Gasteiger charge is -2.34. The molecule has 3 aromatic rings. The molecule has 0 atom stereocenters. The second-order valence-electron chi connectivity index (χ2n) is 7.24. The monoisotopic (exact) mass is 440 g/mol. The molecule has 160 valence electrons. The summed E-state index contributed by atoms with van der Waals surface area (Å²) in [5.74, 6) is 1.22. The van der Waals surface area contributed by atoms with Gasteiger partial charge in [-0.25, -0.2) is 13.2 Å². The van der Waals surface area contributed by atoms with Crippen LogP contribution in [-0.4, -0.2) is 61.6 Å². The first-order chi connectivity index (χ1) is 15.0. The van der Waals surface area contributed by atoms with Gasteiger partial charge in [0.15, 0.2) is 11.5 Å². The SMILES string of the molecule is O=C(Nc1ccc2c(c1)OCO2)N1CCN(S(=O)(=O)c2cccc3cnccc23)CC1. The van der Waals surface area contributed by atoms with Gasteiger partial charge >= 0.3 is 6.03 Å². The molecule has 3 heterocycles. The lowest BCUT2D eigenvalue weighted by atomic mass is 10.2. The second-order valence-corrected chi connectivity index (χ2v) is 9.15. The minimum absolute atomic E-state index is 0.163. The van der Waals surface area contributed by atoms with E-state index in [1.165, 1.54) is 4.31 Å². The van der Waals surface area contributed by atoms with E-state index in [1.807, 2.05) is 6.07 Å². The highest BCUT2D eigenvalue weighted by Crippen LogP contribution is 2.34. The number of carbonyl (C=O) groups is 1. The summed E-state index contributed by atoms with van der Waals surface area (Å²) in [7, 11) is -3.69. The second kappa shape index (κ2) is 7.71. The van der Waals surface area contributed by atoms with Crippen molar-refractivity contribution in [2.75, 3.05) is 38.3 Å². The number of nitrogens with one attached hydrogen (secondary N) is 1. The maximum atomic E-state index is 13.2. The molecular formula is C21H20N4O5S. The summed E-state index contributed by atoms with van der Waals surface area (Å²) in [6.07, 6.45) is 3.23. The number of anilines is 1. The number of benzene rings is 2. The van der Waals surface area contributed by atoms with Gasteiger partial charge in [-0.2, -0.15) is 4.31 Å². The quantitative estimate of drug-likeness (QED) is 0.672. The first-order valence-electron chi connectivity index (χ1n) is 9.81. The smallest absolute Gasteiger partial charge is 0.321 e. The van der Waals surface area contributed by atoms with Crippen LogP contribution in [0.25, 0.3) is 10.8 Å². The van der Waals surface area contributed by atoms with Crippen LogP contribution in [0.1, 0.15) is 0 Å². The van der Waals surface area contributed by atoms with Crippen LogP contribution < -0.4 is 14.8 Å². The van der Waals surface area contributed by atoms with Gasteiger partial charge in [0.25, 0.3) is 0 Å². The maximum absolute atomic E-state index is 13.2. The van der Waals surface area contributed by atoms with Crippen LogP contribution in [0.5, 0.6) is 11.5 Å². The summed E-state index contributed by atoms with van der Waals surface area (Å²) in [6, 6.07) is 11.8. The third-order valence-corrected chi connectivity index (χ3v) is 7.37. The van der Waals surface area contributed by atoms with Crippen molar-refractivity contribution in [2.45, 2.75) is 4.90 Å². The van der Waals surface area contributed by atoms with E-state index in [-0.39, 0.29) is 30.8 Å². The zero-order valence-corrected chi connectivity index (χ0v) is 17.3. The topological polar surface area (TPSA) is 101 Å². The Bertz CT molecular complexity index is 1250. The Morgan fingerprint density at radius 1 is 1.00 bits per heavy atom. The van der Waals surface area contributed by atoms with Gasteiger partial charge in [0.05, 0.1) is 4.90 Å². The molecule has 1 fully saturated rings. The Morgan fingerprint density at radius 3 is 2.65 bits per heavy atom. The van der Waals surface area contributed by atoms with E-state index >= 15 is 0 Å². The molecule has 1 aromatic heterocycles. The fourth-order valence-corrected chi connectivity index (χ4v) is 5.40. The van der Waals surface area contributed by atoms with Crippen LogP contribution >= 0.6 is 0 Å². The third-order valence-electron chi connectivity index (χ3n) is 5.41. The molecule has 2 aliphatic rings. The molecule has 0 spiro atoms. The number of pyridine rings is 1. The molecule has 0 bridgehead atoms. The fourth-order valence-electron chi connectivity index (χ4n) is 3.77. The number of amides is 2. The van der Waals surface area contributed by atoms with Gasteiger partial charge in [0, 0.05) is 61.1 Å². The Labute approximate surface area is 179 Å². The lowest BCUT2D eigenvalue weighted by Crippen LogP contribution is -2.51. The number of hydrogen-bond acceptors (Lipinski definition) is 6. The molecule has 1 N–H and O–H groups in total. The lowest BCUT2D eigenvalue weighted by molar-refractivity contribution is 0.174. The van der Waals surface area contributed by atoms with E-state index in [4.69, 9.17) is 9.47 Å². The molecule has 0 aliphatic carbocycles. The van der Waals surface area contributed by atoms with Crippen LogP contribution in [0.4, 0.5) is 10.5 Å². The zero-order valence-electron chi connectivity index (χ0n) is 16.5. The number of aromatic nitrogens is 1. The highest BCUT2D eigenvalue weighted by molar-refractivity contribution is 7.89. The van der Waals surface area contributed by atoms with E-state index in [0.717, 1.165) is 5.39 Å². The molecule has 2 aromatic carbocycles. The van der Waals surface area contributed by atoms with Crippen LogP contribution in [-0.2, 0) is 10.0 Å². The van der Waals surface area contributed by atoms with Gasteiger partial charge in [-0.15, -0.1) is 0 Å². The van der Waals surface area contributed by atoms with Gasteiger partial charge in [0.1, 0.15) is 0 Å². The summed E-state index contributed by atoms with van der Waals surface area (Å²) >= 11 is 0. The van der Waals surface area contributed by atoms with Gasteiger partial charge in [0.2, 0.25) is 16.8 Å². The minimum atomic E-state index is -3.69. The summed E-state index contributed by atoms with van der Waals surface area (Å²) in [4.78, 5) is 18.5. The Kier molecular flexibility index (Phi) is 4.87. The highest BCUT2D eigenvalue weighted by Gasteiger charge is 2.31. The Hall–Kier alpha value is -3.37. The average Bonchev–Trinajstić information content (AvgIpc) is 3.26. The van der Waals surface area contributed by atoms with E-state index in [1.54, 1.807) is 53.7 Å². The van der Waals surface area contributed by atoms with Gasteiger partial charge in [-0.3, -0.25) is 4.98 Å². The van der Waals surface area contributed by atoms with E-state index in [0.29, 0.717) is 35.7 Å². The van der Waals surface area contributed by atoms with E-state index in [2.05, 4.69) is 10.3 Å². The van der Waals surface area contributed by atoms with Gasteiger partial charge in [-0.1, -0.05) is 12.1 Å². The number of ether oxygens (including phenoxy) is 2. The largest absolute Gasteiger partial charge is 0.454 e. The highest BCUT2D eigenvalue weighted by atomic mass is 32.2. The standard InChI is InChI=1S/C21H20N4O5S/c26-21(23-16-4-5-18-19(12-16)30-14-29-18)24-8-10-25(11-9-24)31(27,28)20-3-1-2-15-13-22-7-6-17(15)20/h1-7,12-13H,8-11,14H2,(H,23,26). The van der Waals surface area contributed by atoms with Crippen molar-refractivity contribution < 1.29 is 22.7 Å². The summed E-state index contributed by atoms with van der Waals surface area (Å²) < 4.78 is 38.5. The van der Waals surface area contributed by atoms with Crippen molar-refractivity contribution in [2.24, 2.45) is 0 Å². The molecule has 2 aliphatic heterocycles. The summed E-state index contributed by atoms with van der Waals surface area (Å²) in [5.41, 5.74) is 0.591. The Balaban J connectivity index is 1.27. The van der Waals surface area contributed by atoms with Crippen LogP contribution in [0.2, 0.25) is 0 Å². The molecule has 0 saturated carbocycles. The molecule has 5 rings (SSSR count). The molecule has 10 heteroatoms. The van der Waals surface area contributed by atoms with Crippen molar-refractivity contribution in [3.63, 3.8) is 0 Å². The van der Waals surface area contributed by atoms with Crippen LogP contribution in [0.3, 0.4) is 0 Å². The first-order valence-corrected chi connectivity index (χ1v) is 11.2. The zero-order chi connectivity index (χ0) is 21.4. The van der Waals surface area contributed by atoms with Crippen molar-refractivity contribution in [1.82, 2.24) is 14.2 Å². The number of nitrogens with zero attached hydrogens (tertiary/aromatic N) is 3. The normalized spacial score (nSPS) is 16.5. The molecule has 0 radical (unpaired) electrons.